The molecule has 1 unspecified atom stereocenters. The van der Waals surface area contributed by atoms with Crippen molar-refractivity contribution in [3.63, 3.8) is 0 Å². The molecule has 0 saturated heterocycles. The average molecular weight is 207 g/mol. The molecular weight excluding hydrogens is 194 g/mol. The predicted molar refractivity (Wildman–Crippen MR) is 53.0 cm³/mol. The standard InChI is InChI=1S/C10H13N3O2/c1-3-8(4-5-11)12-10(14)9-6-7(2)15-13-9/h6,8H,3-4H2,1-2H3,(H,12,14). The van der Waals surface area contributed by atoms with E-state index in [9.17, 15) is 4.79 Å². The van der Waals surface area contributed by atoms with Gasteiger partial charge in [0.25, 0.3) is 5.91 Å². The largest absolute Gasteiger partial charge is 0.361 e. The van der Waals surface area contributed by atoms with E-state index >= 15 is 0 Å². The Morgan fingerprint density at radius 1 is 1.80 bits per heavy atom. The van der Waals surface area contributed by atoms with Crippen molar-refractivity contribution in [1.82, 2.24) is 10.5 Å². The smallest absolute Gasteiger partial charge is 0.273 e. The molecule has 0 spiro atoms. The fraction of sp³-hybridized carbons (Fsp3) is 0.500. The lowest BCUT2D eigenvalue weighted by atomic mass is 10.1. The van der Waals surface area contributed by atoms with Gasteiger partial charge in [-0.2, -0.15) is 5.26 Å². The number of carbonyl (C=O) groups is 1. The van der Waals surface area contributed by atoms with Gasteiger partial charge in [-0.15, -0.1) is 0 Å². The molecule has 5 nitrogen and oxygen atoms in total. The van der Waals surface area contributed by atoms with Crippen molar-refractivity contribution >= 4 is 5.91 Å². The molecule has 1 heterocycles. The van der Waals surface area contributed by atoms with Crippen molar-refractivity contribution in [1.29, 1.82) is 5.26 Å². The number of nitrogens with one attached hydrogen (secondary N) is 1. The SMILES string of the molecule is CCC(CC#N)NC(=O)c1cc(C)on1. The van der Waals surface area contributed by atoms with Gasteiger partial charge in [0, 0.05) is 12.1 Å². The van der Waals surface area contributed by atoms with Gasteiger partial charge in [-0.3, -0.25) is 4.79 Å². The number of hydrogen-bond donors (Lipinski definition) is 1. The summed E-state index contributed by atoms with van der Waals surface area (Å²) < 4.78 is 4.78. The molecule has 0 radical (unpaired) electrons. The molecule has 0 aliphatic carbocycles. The van der Waals surface area contributed by atoms with Crippen molar-refractivity contribution in [3.8, 4) is 6.07 Å². The second kappa shape index (κ2) is 5.15. The van der Waals surface area contributed by atoms with Gasteiger partial charge in [-0.1, -0.05) is 12.1 Å². The first-order valence-corrected chi connectivity index (χ1v) is 4.78. The van der Waals surface area contributed by atoms with Crippen LogP contribution in [0.25, 0.3) is 0 Å². The number of hydrogen-bond acceptors (Lipinski definition) is 4. The molecule has 80 valence electrons. The van der Waals surface area contributed by atoms with Crippen LogP contribution in [0.2, 0.25) is 0 Å². The lowest BCUT2D eigenvalue weighted by Gasteiger charge is -2.11. The van der Waals surface area contributed by atoms with Crippen molar-refractivity contribution in [2.24, 2.45) is 0 Å². The van der Waals surface area contributed by atoms with E-state index in [4.69, 9.17) is 9.78 Å². The highest BCUT2D eigenvalue weighted by atomic mass is 16.5. The van der Waals surface area contributed by atoms with E-state index in [0.29, 0.717) is 12.2 Å². The van der Waals surface area contributed by atoms with Crippen LogP contribution in [0, 0.1) is 18.3 Å². The average Bonchev–Trinajstić information content (AvgIpc) is 2.64. The lowest BCUT2D eigenvalue weighted by molar-refractivity contribution is 0.0927. The van der Waals surface area contributed by atoms with Crippen molar-refractivity contribution in [2.45, 2.75) is 32.7 Å². The highest BCUT2D eigenvalue weighted by Gasteiger charge is 2.14. The molecule has 0 aliphatic rings. The van der Waals surface area contributed by atoms with E-state index in [2.05, 4.69) is 10.5 Å². The van der Waals surface area contributed by atoms with Crippen molar-refractivity contribution < 1.29 is 9.32 Å². The number of amides is 1. The van der Waals surface area contributed by atoms with Gasteiger partial charge >= 0.3 is 0 Å². The number of nitriles is 1. The van der Waals surface area contributed by atoms with Crippen LogP contribution >= 0.6 is 0 Å². The molecule has 0 fully saturated rings. The van der Waals surface area contributed by atoms with Crippen LogP contribution in [0.3, 0.4) is 0 Å². The summed E-state index contributed by atoms with van der Waals surface area (Å²) in [6.07, 6.45) is 1.02. The van der Waals surface area contributed by atoms with E-state index in [0.717, 1.165) is 6.42 Å². The summed E-state index contributed by atoms with van der Waals surface area (Å²) in [6, 6.07) is 3.46. The van der Waals surface area contributed by atoms with Gasteiger partial charge in [0.1, 0.15) is 5.76 Å². The maximum absolute atomic E-state index is 11.6. The minimum absolute atomic E-state index is 0.125. The fourth-order valence-electron chi connectivity index (χ4n) is 1.14. The van der Waals surface area contributed by atoms with Crippen LogP contribution in [0.4, 0.5) is 0 Å². The topological polar surface area (TPSA) is 78.9 Å². The first-order valence-electron chi connectivity index (χ1n) is 4.78. The van der Waals surface area contributed by atoms with Crippen LogP contribution < -0.4 is 5.32 Å². The molecule has 1 N–H and O–H groups in total. The first kappa shape index (κ1) is 11.2. The van der Waals surface area contributed by atoms with E-state index in [1.54, 1.807) is 13.0 Å². The fourth-order valence-corrected chi connectivity index (χ4v) is 1.14. The van der Waals surface area contributed by atoms with Gasteiger partial charge in [0.15, 0.2) is 5.69 Å². The van der Waals surface area contributed by atoms with Crippen LogP contribution in [0.5, 0.6) is 0 Å². The van der Waals surface area contributed by atoms with Gasteiger partial charge in [0.2, 0.25) is 0 Å². The summed E-state index contributed by atoms with van der Waals surface area (Å²) in [4.78, 5) is 11.6. The van der Waals surface area contributed by atoms with E-state index in [-0.39, 0.29) is 17.6 Å². The maximum atomic E-state index is 11.6. The molecule has 1 rings (SSSR count). The molecule has 1 amide bonds. The molecule has 0 bridgehead atoms. The normalized spacial score (nSPS) is 11.8. The van der Waals surface area contributed by atoms with Crippen LogP contribution in [-0.2, 0) is 0 Å². The van der Waals surface area contributed by atoms with Crippen LogP contribution in [0.15, 0.2) is 10.6 Å². The highest BCUT2D eigenvalue weighted by Crippen LogP contribution is 2.03. The maximum Gasteiger partial charge on any atom is 0.273 e. The zero-order valence-electron chi connectivity index (χ0n) is 8.78. The number of aromatic nitrogens is 1. The van der Waals surface area contributed by atoms with Gasteiger partial charge in [-0.25, -0.2) is 0 Å². The summed E-state index contributed by atoms with van der Waals surface area (Å²) in [5.74, 6) is 0.294. The third-order valence-electron chi connectivity index (χ3n) is 2.03. The Bertz CT molecular complexity index is 378. The number of rotatable bonds is 4. The van der Waals surface area contributed by atoms with E-state index in [1.165, 1.54) is 0 Å². The molecule has 1 atom stereocenters. The van der Waals surface area contributed by atoms with Gasteiger partial charge in [0.05, 0.1) is 12.5 Å². The Labute approximate surface area is 88.1 Å². The Hall–Kier alpha value is -1.83. The van der Waals surface area contributed by atoms with Gasteiger partial charge < -0.3 is 9.84 Å². The molecular formula is C10H13N3O2. The van der Waals surface area contributed by atoms with Crippen molar-refractivity contribution in [2.75, 3.05) is 0 Å². The first-order chi connectivity index (χ1) is 7.17. The minimum Gasteiger partial charge on any atom is -0.361 e. The van der Waals surface area contributed by atoms with E-state index < -0.39 is 0 Å². The summed E-state index contributed by atoms with van der Waals surface area (Å²) in [6.45, 7) is 3.63. The minimum atomic E-state index is -0.297. The summed E-state index contributed by atoms with van der Waals surface area (Å²) >= 11 is 0. The summed E-state index contributed by atoms with van der Waals surface area (Å²) in [5.41, 5.74) is 0.254. The second-order valence-corrected chi connectivity index (χ2v) is 3.26. The number of carbonyl (C=O) groups excluding carboxylic acids is 1. The van der Waals surface area contributed by atoms with Crippen LogP contribution in [0.1, 0.15) is 36.0 Å². The molecule has 15 heavy (non-hydrogen) atoms. The predicted octanol–water partition coefficient (Wildman–Crippen LogP) is 1.41. The van der Waals surface area contributed by atoms with Gasteiger partial charge in [-0.05, 0) is 13.3 Å². The Balaban J connectivity index is 2.59. The summed E-state index contributed by atoms with van der Waals surface area (Å²) in [5, 5.41) is 14.8. The molecule has 0 aromatic carbocycles. The Morgan fingerprint density at radius 3 is 3.00 bits per heavy atom. The highest BCUT2D eigenvalue weighted by molar-refractivity contribution is 5.92. The Morgan fingerprint density at radius 2 is 2.53 bits per heavy atom. The second-order valence-electron chi connectivity index (χ2n) is 3.26. The zero-order valence-corrected chi connectivity index (χ0v) is 8.78. The zero-order chi connectivity index (χ0) is 11.3. The third-order valence-corrected chi connectivity index (χ3v) is 2.03. The molecule has 1 aromatic rings. The van der Waals surface area contributed by atoms with Crippen LogP contribution in [-0.4, -0.2) is 17.1 Å². The monoisotopic (exact) mass is 207 g/mol. The molecule has 0 aliphatic heterocycles. The summed E-state index contributed by atoms with van der Waals surface area (Å²) in [7, 11) is 0. The number of aryl methyl sites for hydroxylation is 1. The quantitative estimate of drug-likeness (QED) is 0.809. The lowest BCUT2D eigenvalue weighted by Crippen LogP contribution is -2.34. The number of nitrogens with zero attached hydrogens (tertiary/aromatic N) is 2. The molecule has 5 heteroatoms. The third kappa shape index (κ3) is 3.09. The van der Waals surface area contributed by atoms with E-state index in [1.807, 2.05) is 13.0 Å². The Kier molecular flexibility index (Phi) is 3.86. The van der Waals surface area contributed by atoms with Crippen molar-refractivity contribution in [3.05, 3.63) is 17.5 Å². The molecule has 1 aromatic heterocycles. The molecule has 0 saturated carbocycles.